The van der Waals surface area contributed by atoms with Crippen molar-refractivity contribution in [2.75, 3.05) is 27.4 Å². The number of hydrogen-bond acceptors (Lipinski definition) is 4. The molecule has 0 bridgehead atoms. The molecule has 0 saturated heterocycles. The molecule has 9 heteroatoms. The molecule has 0 aliphatic carbocycles. The molecule has 2 rings (SSSR count). The highest BCUT2D eigenvalue weighted by Gasteiger charge is 2.29. The molecule has 0 atom stereocenters. The van der Waals surface area contributed by atoms with Gasteiger partial charge in [-0.15, -0.1) is 0 Å². The highest BCUT2D eigenvalue weighted by Crippen LogP contribution is 2.29. The minimum Gasteiger partial charge on any atom is -0.497 e. The number of rotatable bonds is 9. The van der Waals surface area contributed by atoms with Gasteiger partial charge in [0, 0.05) is 13.1 Å². The summed E-state index contributed by atoms with van der Waals surface area (Å²) >= 11 is 0. The number of aliphatic imine (C=N–C) groups is 1. The summed E-state index contributed by atoms with van der Waals surface area (Å²) in [6, 6.07) is 12.4. The van der Waals surface area contributed by atoms with Crippen LogP contribution in [0.3, 0.4) is 0 Å². The van der Waals surface area contributed by atoms with Gasteiger partial charge in [0.2, 0.25) is 0 Å². The predicted molar refractivity (Wildman–Crippen MR) is 109 cm³/mol. The van der Waals surface area contributed by atoms with E-state index in [1.807, 2.05) is 31.2 Å². The molecule has 0 aromatic heterocycles. The molecule has 0 amide bonds. The monoisotopic (exact) mass is 425 g/mol. The third kappa shape index (κ3) is 7.73. The van der Waals surface area contributed by atoms with Crippen LogP contribution in [0.15, 0.2) is 47.5 Å². The lowest BCUT2D eigenvalue weighted by atomic mass is 10.2. The normalized spacial score (nSPS) is 11.7. The van der Waals surface area contributed by atoms with Gasteiger partial charge < -0.3 is 24.8 Å². The van der Waals surface area contributed by atoms with E-state index in [0.29, 0.717) is 25.6 Å². The summed E-state index contributed by atoms with van der Waals surface area (Å²) in [4.78, 5) is 4.55. The number of methoxy groups -OCH3 is 2. The molecule has 2 aromatic rings. The van der Waals surface area contributed by atoms with Crippen molar-refractivity contribution < 1.29 is 27.4 Å². The van der Waals surface area contributed by atoms with Crippen LogP contribution in [0.2, 0.25) is 0 Å². The Labute approximate surface area is 174 Å². The van der Waals surface area contributed by atoms with Crippen LogP contribution in [0.5, 0.6) is 17.2 Å². The molecular formula is C21H26F3N3O3. The van der Waals surface area contributed by atoms with Gasteiger partial charge in [-0.1, -0.05) is 18.2 Å². The van der Waals surface area contributed by atoms with Gasteiger partial charge >= 0.3 is 6.18 Å². The first-order valence-corrected chi connectivity index (χ1v) is 9.36. The van der Waals surface area contributed by atoms with Crippen molar-refractivity contribution in [1.29, 1.82) is 0 Å². The zero-order valence-electron chi connectivity index (χ0n) is 17.2. The Balaban J connectivity index is 2.02. The second kappa shape index (κ2) is 11.2. The van der Waals surface area contributed by atoms with E-state index in [4.69, 9.17) is 14.2 Å². The average Bonchev–Trinajstić information content (AvgIpc) is 2.74. The summed E-state index contributed by atoms with van der Waals surface area (Å²) in [6.45, 7) is 2.12. The van der Waals surface area contributed by atoms with Crippen LogP contribution in [0.25, 0.3) is 0 Å². The molecule has 0 fully saturated rings. The second-order valence-electron chi connectivity index (χ2n) is 6.29. The lowest BCUT2D eigenvalue weighted by molar-refractivity contribution is -0.153. The fourth-order valence-corrected chi connectivity index (χ4v) is 2.57. The Bertz CT molecular complexity index is 842. The highest BCUT2D eigenvalue weighted by molar-refractivity contribution is 5.79. The average molecular weight is 425 g/mol. The van der Waals surface area contributed by atoms with Crippen molar-refractivity contribution in [3.8, 4) is 17.2 Å². The molecule has 164 valence electrons. The molecule has 0 spiro atoms. The van der Waals surface area contributed by atoms with E-state index >= 15 is 0 Å². The first-order chi connectivity index (χ1) is 14.3. The first kappa shape index (κ1) is 23.2. The number of nitrogens with one attached hydrogen (secondary N) is 2. The number of guanidine groups is 1. The zero-order valence-corrected chi connectivity index (χ0v) is 17.2. The van der Waals surface area contributed by atoms with Crippen molar-refractivity contribution >= 4 is 5.96 Å². The minimum absolute atomic E-state index is 0.0390. The van der Waals surface area contributed by atoms with Gasteiger partial charge in [0.25, 0.3) is 0 Å². The molecule has 0 saturated carbocycles. The van der Waals surface area contributed by atoms with E-state index in [-0.39, 0.29) is 11.5 Å². The van der Waals surface area contributed by atoms with Gasteiger partial charge in [0.15, 0.2) is 24.1 Å². The van der Waals surface area contributed by atoms with Crippen molar-refractivity contribution in [1.82, 2.24) is 10.6 Å². The SMILES string of the molecule is CCNC(=NCc1cccc(OC)c1)NCc1ccc(OCC(F)(F)F)c(OC)c1. The minimum atomic E-state index is -4.41. The van der Waals surface area contributed by atoms with Crippen molar-refractivity contribution in [3.05, 3.63) is 53.6 Å². The zero-order chi connectivity index (χ0) is 22.0. The number of ether oxygens (including phenoxy) is 3. The largest absolute Gasteiger partial charge is 0.497 e. The molecule has 0 unspecified atom stereocenters. The summed E-state index contributed by atoms with van der Waals surface area (Å²) < 4.78 is 52.3. The van der Waals surface area contributed by atoms with Crippen LogP contribution < -0.4 is 24.8 Å². The number of alkyl halides is 3. The molecule has 30 heavy (non-hydrogen) atoms. The standard InChI is InChI=1S/C21H26F3N3O3/c1-4-25-20(26-12-15-6-5-7-17(10-15)28-2)27-13-16-8-9-18(19(11-16)29-3)30-14-21(22,23)24/h5-11H,4,12-14H2,1-3H3,(H2,25,26,27). The van der Waals surface area contributed by atoms with Gasteiger partial charge in [0.1, 0.15) is 5.75 Å². The van der Waals surface area contributed by atoms with Crippen molar-refractivity contribution in [3.63, 3.8) is 0 Å². The van der Waals surface area contributed by atoms with Crippen molar-refractivity contribution in [2.45, 2.75) is 26.2 Å². The van der Waals surface area contributed by atoms with E-state index in [0.717, 1.165) is 16.9 Å². The van der Waals surface area contributed by atoms with Gasteiger partial charge in [0.05, 0.1) is 20.8 Å². The molecule has 0 radical (unpaired) electrons. The van der Waals surface area contributed by atoms with E-state index in [2.05, 4.69) is 15.6 Å². The Kier molecular flexibility index (Phi) is 8.64. The second-order valence-corrected chi connectivity index (χ2v) is 6.29. The van der Waals surface area contributed by atoms with Gasteiger partial charge in [-0.3, -0.25) is 0 Å². The van der Waals surface area contributed by atoms with Crippen LogP contribution in [0, 0.1) is 0 Å². The maximum Gasteiger partial charge on any atom is 0.422 e. The third-order valence-electron chi connectivity index (χ3n) is 3.98. The third-order valence-corrected chi connectivity index (χ3v) is 3.98. The smallest absolute Gasteiger partial charge is 0.422 e. The summed E-state index contributed by atoms with van der Waals surface area (Å²) in [6.07, 6.45) is -4.41. The Morgan fingerprint density at radius 2 is 1.77 bits per heavy atom. The molecule has 2 N–H and O–H groups in total. The fourth-order valence-electron chi connectivity index (χ4n) is 2.57. The van der Waals surface area contributed by atoms with Gasteiger partial charge in [-0.2, -0.15) is 13.2 Å². The summed E-state index contributed by atoms with van der Waals surface area (Å²) in [7, 11) is 2.99. The lowest BCUT2D eigenvalue weighted by Gasteiger charge is -2.15. The number of benzene rings is 2. The van der Waals surface area contributed by atoms with Crippen LogP contribution in [0.4, 0.5) is 13.2 Å². The Hall–Kier alpha value is -3.10. The van der Waals surface area contributed by atoms with Crippen LogP contribution in [-0.2, 0) is 13.1 Å². The molecule has 6 nitrogen and oxygen atoms in total. The first-order valence-electron chi connectivity index (χ1n) is 9.36. The van der Waals surface area contributed by atoms with Gasteiger partial charge in [-0.05, 0) is 42.3 Å². The van der Waals surface area contributed by atoms with E-state index < -0.39 is 12.8 Å². The maximum atomic E-state index is 12.4. The van der Waals surface area contributed by atoms with E-state index in [1.54, 1.807) is 19.2 Å². The summed E-state index contributed by atoms with van der Waals surface area (Å²) in [5.41, 5.74) is 1.80. The molecule has 2 aromatic carbocycles. The molecular weight excluding hydrogens is 399 g/mol. The van der Waals surface area contributed by atoms with E-state index in [9.17, 15) is 13.2 Å². The van der Waals surface area contributed by atoms with Crippen molar-refractivity contribution in [2.24, 2.45) is 4.99 Å². The fraction of sp³-hybridized carbons (Fsp3) is 0.381. The summed E-state index contributed by atoms with van der Waals surface area (Å²) in [5, 5.41) is 6.35. The number of nitrogens with zero attached hydrogens (tertiary/aromatic N) is 1. The lowest BCUT2D eigenvalue weighted by Crippen LogP contribution is -2.36. The van der Waals surface area contributed by atoms with Gasteiger partial charge in [-0.25, -0.2) is 4.99 Å². The number of hydrogen-bond donors (Lipinski definition) is 2. The molecule has 0 aliphatic heterocycles. The molecule has 0 heterocycles. The van der Waals surface area contributed by atoms with Crippen LogP contribution >= 0.6 is 0 Å². The maximum absolute atomic E-state index is 12.4. The molecule has 0 aliphatic rings. The predicted octanol–water partition coefficient (Wildman–Crippen LogP) is 3.90. The highest BCUT2D eigenvalue weighted by atomic mass is 19.4. The van der Waals surface area contributed by atoms with Crippen LogP contribution in [0.1, 0.15) is 18.1 Å². The quantitative estimate of drug-likeness (QED) is 0.471. The summed E-state index contributed by atoms with van der Waals surface area (Å²) in [5.74, 6) is 1.64. The Morgan fingerprint density at radius 1 is 0.967 bits per heavy atom. The van der Waals surface area contributed by atoms with Crippen LogP contribution in [-0.4, -0.2) is 39.5 Å². The van der Waals surface area contributed by atoms with E-state index in [1.165, 1.54) is 13.2 Å². The Morgan fingerprint density at radius 3 is 2.43 bits per heavy atom. The topological polar surface area (TPSA) is 64.1 Å². The number of halogens is 3.